The van der Waals surface area contributed by atoms with Crippen molar-refractivity contribution in [1.29, 1.82) is 0 Å². The molecule has 124 valence electrons. The van der Waals surface area contributed by atoms with Crippen molar-refractivity contribution >= 4 is 17.5 Å². The summed E-state index contributed by atoms with van der Waals surface area (Å²) < 4.78 is 43.4. The molecule has 1 amide bonds. The molecular formula is C14H13ClF3N3O2. The van der Waals surface area contributed by atoms with Gasteiger partial charge in [0.15, 0.2) is 5.69 Å². The summed E-state index contributed by atoms with van der Waals surface area (Å²) in [6.07, 6.45) is -3.42. The molecule has 1 aromatic carbocycles. The highest BCUT2D eigenvalue weighted by Gasteiger charge is 2.33. The number of amides is 1. The van der Waals surface area contributed by atoms with Crippen molar-refractivity contribution in [3.05, 3.63) is 47.2 Å². The topological polar surface area (TPSA) is 56.2 Å². The lowest BCUT2D eigenvalue weighted by molar-refractivity contribution is -0.141. The number of carbonyl (C=O) groups excluding carboxylic acids is 1. The zero-order chi connectivity index (χ0) is 16.9. The maximum atomic E-state index is 12.4. The van der Waals surface area contributed by atoms with Crippen molar-refractivity contribution < 1.29 is 22.7 Å². The van der Waals surface area contributed by atoms with Crippen LogP contribution in [0.15, 0.2) is 36.5 Å². The van der Waals surface area contributed by atoms with Crippen LogP contribution < -0.4 is 10.1 Å². The summed E-state index contributed by atoms with van der Waals surface area (Å²) in [4.78, 5) is 11.6. The smallest absolute Gasteiger partial charge is 0.435 e. The molecule has 0 radical (unpaired) electrons. The summed E-state index contributed by atoms with van der Waals surface area (Å²) >= 11 is 5.73. The van der Waals surface area contributed by atoms with E-state index in [9.17, 15) is 18.0 Å². The number of ether oxygens (including phenoxy) is 1. The molecule has 2 aromatic rings. The van der Waals surface area contributed by atoms with Gasteiger partial charge in [-0.25, -0.2) is 0 Å². The van der Waals surface area contributed by atoms with Crippen LogP contribution in [-0.2, 0) is 17.5 Å². The number of halogens is 4. The number of nitrogens with zero attached hydrogens (tertiary/aromatic N) is 2. The van der Waals surface area contributed by atoms with Crippen molar-refractivity contribution in [3.63, 3.8) is 0 Å². The quantitative estimate of drug-likeness (QED) is 0.817. The number of alkyl halides is 3. The van der Waals surface area contributed by atoms with Gasteiger partial charge in [0.2, 0.25) is 5.91 Å². The Kier molecular flexibility index (Phi) is 5.49. The second-order valence-electron chi connectivity index (χ2n) is 4.55. The van der Waals surface area contributed by atoms with Crippen LogP contribution in [-0.4, -0.2) is 28.8 Å². The zero-order valence-electron chi connectivity index (χ0n) is 11.8. The molecule has 0 fully saturated rings. The fourth-order valence-electron chi connectivity index (χ4n) is 1.69. The van der Waals surface area contributed by atoms with E-state index in [2.05, 4.69) is 10.4 Å². The highest BCUT2D eigenvalue weighted by atomic mass is 35.5. The number of nitrogens with one attached hydrogen (secondary N) is 1. The highest BCUT2D eigenvalue weighted by Crippen LogP contribution is 2.27. The minimum Gasteiger partial charge on any atom is -0.492 e. The maximum Gasteiger partial charge on any atom is 0.435 e. The van der Waals surface area contributed by atoms with Crippen molar-refractivity contribution in [2.24, 2.45) is 0 Å². The lowest BCUT2D eigenvalue weighted by atomic mass is 10.3. The van der Waals surface area contributed by atoms with Gasteiger partial charge in [0.05, 0.1) is 6.54 Å². The van der Waals surface area contributed by atoms with E-state index in [0.29, 0.717) is 10.8 Å². The van der Waals surface area contributed by atoms with Crippen molar-refractivity contribution in [2.45, 2.75) is 12.7 Å². The first kappa shape index (κ1) is 17.1. The third-order valence-electron chi connectivity index (χ3n) is 2.74. The molecule has 2 rings (SSSR count). The molecule has 23 heavy (non-hydrogen) atoms. The van der Waals surface area contributed by atoms with Gasteiger partial charge in [-0.05, 0) is 30.3 Å². The van der Waals surface area contributed by atoms with Crippen LogP contribution in [0.3, 0.4) is 0 Å². The van der Waals surface area contributed by atoms with Gasteiger partial charge in [0, 0.05) is 11.2 Å². The van der Waals surface area contributed by atoms with E-state index in [1.54, 1.807) is 24.3 Å². The third-order valence-corrected chi connectivity index (χ3v) is 3.00. The number of benzene rings is 1. The number of aromatic nitrogens is 2. The van der Waals surface area contributed by atoms with E-state index >= 15 is 0 Å². The van der Waals surface area contributed by atoms with Gasteiger partial charge in [0.1, 0.15) is 18.9 Å². The molecule has 0 saturated heterocycles. The molecule has 9 heteroatoms. The van der Waals surface area contributed by atoms with E-state index in [0.717, 1.165) is 16.9 Å². The molecule has 0 aliphatic heterocycles. The summed E-state index contributed by atoms with van der Waals surface area (Å²) in [6, 6.07) is 7.53. The van der Waals surface area contributed by atoms with E-state index in [1.807, 2.05) is 0 Å². The SMILES string of the molecule is O=C(Cn1ccc(C(F)(F)F)n1)NCCOc1ccc(Cl)cc1. The number of rotatable bonds is 6. The van der Waals surface area contributed by atoms with E-state index in [1.165, 1.54) is 0 Å². The van der Waals surface area contributed by atoms with E-state index in [-0.39, 0.29) is 19.7 Å². The Balaban J connectivity index is 1.71. The van der Waals surface area contributed by atoms with Gasteiger partial charge >= 0.3 is 6.18 Å². The lowest BCUT2D eigenvalue weighted by Crippen LogP contribution is -2.31. The molecule has 0 saturated carbocycles. The Hall–Kier alpha value is -2.22. The Morgan fingerprint density at radius 3 is 2.57 bits per heavy atom. The monoisotopic (exact) mass is 347 g/mol. The fraction of sp³-hybridized carbons (Fsp3) is 0.286. The first-order valence-electron chi connectivity index (χ1n) is 6.60. The second kappa shape index (κ2) is 7.36. The normalized spacial score (nSPS) is 11.3. The van der Waals surface area contributed by atoms with Crippen LogP contribution >= 0.6 is 11.6 Å². The van der Waals surface area contributed by atoms with Gasteiger partial charge < -0.3 is 10.1 Å². The molecule has 0 bridgehead atoms. The summed E-state index contributed by atoms with van der Waals surface area (Å²) in [6.45, 7) is 0.145. The summed E-state index contributed by atoms with van der Waals surface area (Å²) in [5.74, 6) is 0.145. The van der Waals surface area contributed by atoms with Gasteiger partial charge in [0.25, 0.3) is 0 Å². The van der Waals surface area contributed by atoms with Crippen LogP contribution in [0.5, 0.6) is 5.75 Å². The van der Waals surface area contributed by atoms with Gasteiger partial charge in [-0.15, -0.1) is 0 Å². The molecule has 1 aromatic heterocycles. The molecule has 1 N–H and O–H groups in total. The number of hydrogen-bond donors (Lipinski definition) is 1. The van der Waals surface area contributed by atoms with E-state index < -0.39 is 17.8 Å². The van der Waals surface area contributed by atoms with Crippen molar-refractivity contribution in [1.82, 2.24) is 15.1 Å². The molecule has 0 unspecified atom stereocenters. The van der Waals surface area contributed by atoms with Crippen LogP contribution in [0, 0.1) is 0 Å². The molecular weight excluding hydrogens is 335 g/mol. The van der Waals surface area contributed by atoms with Crippen LogP contribution in [0.2, 0.25) is 5.02 Å². The largest absolute Gasteiger partial charge is 0.492 e. The summed E-state index contributed by atoms with van der Waals surface area (Å²) in [5.41, 5.74) is -1.03. The highest BCUT2D eigenvalue weighted by molar-refractivity contribution is 6.30. The third kappa shape index (κ3) is 5.48. The lowest BCUT2D eigenvalue weighted by Gasteiger charge is -2.08. The number of hydrogen-bond acceptors (Lipinski definition) is 3. The van der Waals surface area contributed by atoms with Gasteiger partial charge in [-0.1, -0.05) is 11.6 Å². The zero-order valence-corrected chi connectivity index (χ0v) is 12.6. The van der Waals surface area contributed by atoms with Crippen LogP contribution in [0.4, 0.5) is 13.2 Å². The molecule has 1 heterocycles. The Morgan fingerprint density at radius 1 is 1.26 bits per heavy atom. The summed E-state index contributed by atoms with van der Waals surface area (Å²) in [7, 11) is 0. The van der Waals surface area contributed by atoms with Gasteiger partial charge in [-0.2, -0.15) is 18.3 Å². The van der Waals surface area contributed by atoms with Gasteiger partial charge in [-0.3, -0.25) is 9.48 Å². The minimum absolute atomic E-state index is 0.217. The fourth-order valence-corrected chi connectivity index (χ4v) is 1.82. The maximum absolute atomic E-state index is 12.4. The first-order valence-corrected chi connectivity index (χ1v) is 6.98. The molecule has 0 aliphatic carbocycles. The van der Waals surface area contributed by atoms with Crippen LogP contribution in [0.1, 0.15) is 5.69 Å². The van der Waals surface area contributed by atoms with Crippen molar-refractivity contribution in [2.75, 3.05) is 13.2 Å². The molecule has 0 atom stereocenters. The average Bonchev–Trinajstić information content (AvgIpc) is 2.94. The van der Waals surface area contributed by atoms with Crippen molar-refractivity contribution in [3.8, 4) is 5.75 Å². The van der Waals surface area contributed by atoms with E-state index in [4.69, 9.17) is 16.3 Å². The average molecular weight is 348 g/mol. The Bertz CT molecular complexity index is 656. The first-order chi connectivity index (χ1) is 10.8. The minimum atomic E-state index is -4.52. The molecule has 0 aliphatic rings. The molecule has 5 nitrogen and oxygen atoms in total. The summed E-state index contributed by atoms with van der Waals surface area (Å²) in [5, 5.41) is 6.41. The Morgan fingerprint density at radius 2 is 1.96 bits per heavy atom. The second-order valence-corrected chi connectivity index (χ2v) is 4.99. The number of carbonyl (C=O) groups is 1. The van der Waals surface area contributed by atoms with Crippen LogP contribution in [0.25, 0.3) is 0 Å². The standard InChI is InChI=1S/C14H13ClF3N3O2/c15-10-1-3-11(4-2-10)23-8-6-19-13(22)9-21-7-5-12(20-21)14(16,17)18/h1-5,7H,6,8-9H2,(H,19,22). The Labute approximate surface area is 135 Å². The molecule has 0 spiro atoms. The predicted octanol–water partition coefficient (Wildman–Crippen LogP) is 2.75. The predicted molar refractivity (Wildman–Crippen MR) is 77.2 cm³/mol.